The van der Waals surface area contributed by atoms with E-state index in [2.05, 4.69) is 39.8 Å². The smallest absolute Gasteiger partial charge is 0.147 e. The first-order valence-corrected chi connectivity index (χ1v) is 6.93. The summed E-state index contributed by atoms with van der Waals surface area (Å²) >= 11 is 1.61. The predicted molar refractivity (Wildman–Crippen MR) is 73.1 cm³/mol. The van der Waals surface area contributed by atoms with Gasteiger partial charge >= 0.3 is 104 Å². The largest absolute Gasteiger partial charge is 0.147 e. The molecule has 0 nitrogen and oxygen atoms in total. The molecule has 0 spiro atoms. The van der Waals surface area contributed by atoms with Crippen molar-refractivity contribution < 1.29 is 24.7 Å². The Morgan fingerprint density at radius 3 is 2.00 bits per heavy atom. The van der Waals surface area contributed by atoms with Crippen LogP contribution in [-0.4, -0.2) is 0 Å². The molecule has 0 aromatic carbocycles. The van der Waals surface area contributed by atoms with E-state index in [9.17, 15) is 0 Å². The zero-order valence-electron chi connectivity index (χ0n) is 10.7. The van der Waals surface area contributed by atoms with Gasteiger partial charge in [0.05, 0.1) is 0 Å². The van der Waals surface area contributed by atoms with Gasteiger partial charge in [-0.1, -0.05) is 0 Å². The minimum atomic E-state index is 0. The third-order valence-corrected chi connectivity index (χ3v) is 5.00. The fraction of sp³-hybridized carbons (Fsp3) is 0.692. The monoisotopic (exact) mass is 339 g/mol. The maximum atomic E-state index is 2.39. The fourth-order valence-corrected chi connectivity index (χ4v) is 3.84. The number of hydrogen-bond donors (Lipinski definition) is 0. The van der Waals surface area contributed by atoms with Gasteiger partial charge in [0.15, 0.2) is 0 Å². The van der Waals surface area contributed by atoms with Gasteiger partial charge in [0.1, 0.15) is 0 Å². The molecule has 0 aromatic rings. The summed E-state index contributed by atoms with van der Waals surface area (Å²) < 4.78 is 1.68. The molecular formula is C13H23Cl2Zr. The second kappa shape index (κ2) is 8.12. The molecule has 3 heteroatoms. The van der Waals surface area contributed by atoms with E-state index in [1.807, 2.05) is 0 Å². The standard InChI is InChI=1S/C13H21.2ClH.Zr/c1-5-13(6-2,11(3)4)12-9-7-8-10-12;;;/h7,9,11H,5-6,8H2,1-4H3;2*1H;. The second-order valence-electron chi connectivity index (χ2n) is 4.52. The first-order valence-electron chi connectivity index (χ1n) is 5.70. The van der Waals surface area contributed by atoms with Gasteiger partial charge in [-0.2, -0.15) is 0 Å². The summed E-state index contributed by atoms with van der Waals surface area (Å²) in [5, 5.41) is 0. The molecule has 0 aromatic heterocycles. The zero-order chi connectivity index (χ0) is 10.8. The summed E-state index contributed by atoms with van der Waals surface area (Å²) in [5.41, 5.74) is 2.11. The molecule has 93 valence electrons. The number of hydrogen-bond acceptors (Lipinski definition) is 0. The summed E-state index contributed by atoms with van der Waals surface area (Å²) in [7, 11) is 0. The van der Waals surface area contributed by atoms with Crippen molar-refractivity contribution in [1.82, 2.24) is 0 Å². The molecule has 0 atom stereocenters. The van der Waals surface area contributed by atoms with Crippen molar-refractivity contribution in [3.8, 4) is 0 Å². The van der Waals surface area contributed by atoms with Crippen LogP contribution in [-0.2, 0) is 24.7 Å². The first-order chi connectivity index (χ1) is 6.58. The second-order valence-corrected chi connectivity index (χ2v) is 6.00. The topological polar surface area (TPSA) is 0 Å². The van der Waals surface area contributed by atoms with Crippen LogP contribution in [0, 0.1) is 11.3 Å². The van der Waals surface area contributed by atoms with E-state index in [0.717, 1.165) is 5.92 Å². The van der Waals surface area contributed by atoms with Crippen LogP contribution in [0.15, 0.2) is 21.0 Å². The summed E-state index contributed by atoms with van der Waals surface area (Å²) in [5.74, 6) is 0.755. The minimum Gasteiger partial charge on any atom is -0.147 e. The van der Waals surface area contributed by atoms with Crippen LogP contribution in [0.1, 0.15) is 47.0 Å². The van der Waals surface area contributed by atoms with Gasteiger partial charge < -0.3 is 0 Å². The Labute approximate surface area is 128 Å². The van der Waals surface area contributed by atoms with Crippen LogP contribution < -0.4 is 0 Å². The van der Waals surface area contributed by atoms with Crippen LogP contribution >= 0.6 is 24.8 Å². The Kier molecular flexibility index (Phi) is 9.78. The molecule has 1 aliphatic rings. The van der Waals surface area contributed by atoms with Gasteiger partial charge in [-0.05, 0) is 0 Å². The van der Waals surface area contributed by atoms with Crippen LogP contribution in [0.25, 0.3) is 0 Å². The van der Waals surface area contributed by atoms with Gasteiger partial charge in [-0.15, -0.1) is 24.8 Å². The molecule has 0 unspecified atom stereocenters. The molecule has 0 amide bonds. The van der Waals surface area contributed by atoms with Crippen molar-refractivity contribution in [3.63, 3.8) is 0 Å². The molecule has 1 rings (SSSR count). The van der Waals surface area contributed by atoms with Crippen molar-refractivity contribution in [2.45, 2.75) is 47.0 Å². The van der Waals surface area contributed by atoms with E-state index in [1.54, 1.807) is 33.6 Å². The Hall–Kier alpha value is 0.943. The van der Waals surface area contributed by atoms with Crippen molar-refractivity contribution in [2.24, 2.45) is 11.3 Å². The van der Waals surface area contributed by atoms with E-state index < -0.39 is 0 Å². The molecule has 0 heterocycles. The number of rotatable bonds is 4. The van der Waals surface area contributed by atoms with E-state index in [-0.39, 0.29) is 24.8 Å². The predicted octanol–water partition coefficient (Wildman–Crippen LogP) is 5.05. The molecule has 0 saturated heterocycles. The Morgan fingerprint density at radius 2 is 1.75 bits per heavy atom. The Morgan fingerprint density at radius 1 is 1.25 bits per heavy atom. The van der Waals surface area contributed by atoms with Crippen molar-refractivity contribution in [3.05, 3.63) is 21.0 Å². The Bertz CT molecular complexity index is 263. The maximum Gasteiger partial charge on any atom is -0.147 e. The van der Waals surface area contributed by atoms with Crippen LogP contribution in [0.2, 0.25) is 0 Å². The summed E-state index contributed by atoms with van der Waals surface area (Å²) in [6, 6.07) is 0. The average molecular weight is 341 g/mol. The molecule has 0 fully saturated rings. The third-order valence-electron chi connectivity index (χ3n) is 3.83. The van der Waals surface area contributed by atoms with E-state index in [0.29, 0.717) is 5.41 Å². The van der Waals surface area contributed by atoms with Gasteiger partial charge in [-0.3, -0.25) is 0 Å². The summed E-state index contributed by atoms with van der Waals surface area (Å²) in [6.45, 7) is 9.42. The molecule has 0 aliphatic heterocycles. The summed E-state index contributed by atoms with van der Waals surface area (Å²) in [6.07, 6.45) is 8.48. The van der Waals surface area contributed by atoms with Crippen LogP contribution in [0.4, 0.5) is 0 Å². The quantitative estimate of drug-likeness (QED) is 0.671. The number of halogens is 2. The molecule has 1 aliphatic carbocycles. The first kappa shape index (κ1) is 19.3. The molecule has 0 radical (unpaired) electrons. The van der Waals surface area contributed by atoms with Gasteiger partial charge in [0, 0.05) is 0 Å². The third kappa shape index (κ3) is 3.47. The van der Waals surface area contributed by atoms with Crippen molar-refractivity contribution in [2.75, 3.05) is 0 Å². The van der Waals surface area contributed by atoms with Crippen molar-refractivity contribution in [1.29, 1.82) is 0 Å². The molecule has 0 N–H and O–H groups in total. The van der Waals surface area contributed by atoms with E-state index >= 15 is 0 Å². The van der Waals surface area contributed by atoms with Crippen molar-refractivity contribution >= 4 is 24.8 Å². The van der Waals surface area contributed by atoms with Gasteiger partial charge in [0.25, 0.3) is 0 Å². The van der Waals surface area contributed by atoms with Crippen LogP contribution in [0.3, 0.4) is 0 Å². The Balaban J connectivity index is 0. The average Bonchev–Trinajstić information content (AvgIpc) is 2.55. The SMILES string of the molecule is CCC(CC)(C1=[C]([Zr])CC=C1)C(C)C.Cl.Cl. The summed E-state index contributed by atoms with van der Waals surface area (Å²) in [4.78, 5) is 0. The van der Waals surface area contributed by atoms with E-state index in [4.69, 9.17) is 0 Å². The minimum absolute atomic E-state index is 0. The molecule has 0 saturated carbocycles. The van der Waals surface area contributed by atoms with Crippen LogP contribution in [0.5, 0.6) is 0 Å². The van der Waals surface area contributed by atoms with Gasteiger partial charge in [-0.25, -0.2) is 0 Å². The molecule has 16 heavy (non-hydrogen) atoms. The normalized spacial score (nSPS) is 15.0. The van der Waals surface area contributed by atoms with E-state index in [1.165, 1.54) is 19.3 Å². The molecule has 0 bridgehead atoms. The zero-order valence-corrected chi connectivity index (χ0v) is 14.8. The maximum absolute atomic E-state index is 2.39. The molecular weight excluding hydrogens is 318 g/mol. The van der Waals surface area contributed by atoms with Gasteiger partial charge in [0.2, 0.25) is 0 Å². The number of allylic oxidation sites excluding steroid dienone is 4. The fourth-order valence-electron chi connectivity index (χ4n) is 2.73.